The number of nitrogens with zero attached hydrogens (tertiary/aromatic N) is 2. The molecule has 4 nitrogen and oxygen atoms in total. The van der Waals surface area contributed by atoms with Crippen LogP contribution in [0.5, 0.6) is 0 Å². The number of rotatable bonds is 2. The van der Waals surface area contributed by atoms with E-state index in [1.165, 1.54) is 11.3 Å². The molecule has 2 aromatic rings. The molecular weight excluding hydrogens is 238 g/mol. The molecule has 1 aromatic heterocycles. The van der Waals surface area contributed by atoms with Gasteiger partial charge in [0.05, 0.1) is 5.69 Å². The smallest absolute Gasteiger partial charge is 0.220 e. The molecule has 1 saturated heterocycles. The SMILES string of the molecule is CC(C)=Cc1nc2c(N3CCNCC3)cccc2o1. The van der Waals surface area contributed by atoms with Crippen LogP contribution in [-0.4, -0.2) is 31.2 Å². The van der Waals surface area contributed by atoms with Gasteiger partial charge in [0.15, 0.2) is 5.58 Å². The number of allylic oxidation sites excluding steroid dienone is 1. The van der Waals surface area contributed by atoms with E-state index in [2.05, 4.69) is 21.3 Å². The number of hydrogen-bond donors (Lipinski definition) is 1. The number of benzene rings is 1. The molecule has 0 saturated carbocycles. The Bertz CT molecular complexity index is 605. The molecule has 4 heteroatoms. The van der Waals surface area contributed by atoms with Gasteiger partial charge in [-0.2, -0.15) is 0 Å². The number of nitrogens with one attached hydrogen (secondary N) is 1. The molecule has 2 heterocycles. The Kier molecular flexibility index (Phi) is 3.25. The Hall–Kier alpha value is -1.81. The van der Waals surface area contributed by atoms with E-state index in [1.54, 1.807) is 0 Å². The van der Waals surface area contributed by atoms with Gasteiger partial charge in [0.2, 0.25) is 5.89 Å². The summed E-state index contributed by atoms with van der Waals surface area (Å²) in [6.07, 6.45) is 1.97. The predicted molar refractivity (Wildman–Crippen MR) is 78.4 cm³/mol. The van der Waals surface area contributed by atoms with Crippen LogP contribution in [0.1, 0.15) is 19.7 Å². The average Bonchev–Trinajstić information content (AvgIpc) is 2.80. The molecule has 1 fully saturated rings. The fourth-order valence-corrected chi connectivity index (χ4v) is 2.42. The minimum absolute atomic E-state index is 0.692. The number of hydrogen-bond acceptors (Lipinski definition) is 4. The van der Waals surface area contributed by atoms with Crippen molar-refractivity contribution in [3.05, 3.63) is 29.7 Å². The summed E-state index contributed by atoms with van der Waals surface area (Å²) in [4.78, 5) is 6.99. The first-order valence-corrected chi connectivity index (χ1v) is 6.74. The first-order chi connectivity index (χ1) is 9.24. The minimum atomic E-state index is 0.692. The molecular formula is C15H19N3O. The summed E-state index contributed by atoms with van der Waals surface area (Å²) in [6.45, 7) is 8.18. The molecule has 3 rings (SSSR count). The lowest BCUT2D eigenvalue weighted by molar-refractivity contribution is 0.587. The molecule has 1 N–H and O–H groups in total. The van der Waals surface area contributed by atoms with E-state index >= 15 is 0 Å². The summed E-state index contributed by atoms with van der Waals surface area (Å²) >= 11 is 0. The molecule has 1 aliphatic rings. The quantitative estimate of drug-likeness (QED) is 0.898. The molecule has 0 atom stereocenters. The maximum absolute atomic E-state index is 5.78. The molecule has 0 bridgehead atoms. The van der Waals surface area contributed by atoms with Crippen LogP contribution in [0.3, 0.4) is 0 Å². The third kappa shape index (κ3) is 2.49. The monoisotopic (exact) mass is 257 g/mol. The first-order valence-electron chi connectivity index (χ1n) is 6.74. The van der Waals surface area contributed by atoms with E-state index < -0.39 is 0 Å². The van der Waals surface area contributed by atoms with E-state index in [9.17, 15) is 0 Å². The zero-order valence-electron chi connectivity index (χ0n) is 11.4. The van der Waals surface area contributed by atoms with Crippen molar-refractivity contribution in [2.45, 2.75) is 13.8 Å². The molecule has 1 aliphatic heterocycles. The van der Waals surface area contributed by atoms with Crippen molar-refractivity contribution in [3.63, 3.8) is 0 Å². The van der Waals surface area contributed by atoms with E-state index in [0.29, 0.717) is 5.89 Å². The number of anilines is 1. The van der Waals surface area contributed by atoms with Crippen LogP contribution in [0.2, 0.25) is 0 Å². The summed E-state index contributed by atoms with van der Waals surface area (Å²) in [5.74, 6) is 0.692. The van der Waals surface area contributed by atoms with Crippen LogP contribution in [0.25, 0.3) is 17.2 Å². The molecule has 0 aliphatic carbocycles. The van der Waals surface area contributed by atoms with Crippen LogP contribution < -0.4 is 10.2 Å². The summed E-state index contributed by atoms with van der Waals surface area (Å²) in [5, 5.41) is 3.37. The highest BCUT2D eigenvalue weighted by molar-refractivity contribution is 5.88. The zero-order chi connectivity index (χ0) is 13.2. The van der Waals surface area contributed by atoms with Crippen molar-refractivity contribution in [1.82, 2.24) is 10.3 Å². The van der Waals surface area contributed by atoms with Crippen LogP contribution in [0.4, 0.5) is 5.69 Å². The summed E-state index contributed by atoms with van der Waals surface area (Å²) in [7, 11) is 0. The molecule has 19 heavy (non-hydrogen) atoms. The fraction of sp³-hybridized carbons (Fsp3) is 0.400. The highest BCUT2D eigenvalue weighted by atomic mass is 16.3. The molecule has 100 valence electrons. The number of piperazine rings is 1. The van der Waals surface area contributed by atoms with Gasteiger partial charge in [-0.25, -0.2) is 4.98 Å². The number of fused-ring (bicyclic) bond motifs is 1. The Morgan fingerprint density at radius 3 is 2.84 bits per heavy atom. The number of oxazole rings is 1. The van der Waals surface area contributed by atoms with Gasteiger partial charge >= 0.3 is 0 Å². The summed E-state index contributed by atoms with van der Waals surface area (Å²) < 4.78 is 5.78. The van der Waals surface area contributed by atoms with Crippen molar-refractivity contribution in [3.8, 4) is 0 Å². The Morgan fingerprint density at radius 2 is 2.11 bits per heavy atom. The van der Waals surface area contributed by atoms with Gasteiger partial charge in [-0.15, -0.1) is 0 Å². The van der Waals surface area contributed by atoms with Crippen molar-refractivity contribution in [1.29, 1.82) is 0 Å². The second kappa shape index (κ2) is 5.05. The van der Waals surface area contributed by atoms with E-state index in [1.807, 2.05) is 32.1 Å². The third-order valence-electron chi connectivity index (χ3n) is 3.28. The lowest BCUT2D eigenvalue weighted by Crippen LogP contribution is -2.43. The Balaban J connectivity index is 2.04. The largest absolute Gasteiger partial charge is 0.437 e. The van der Waals surface area contributed by atoms with E-state index in [0.717, 1.165) is 37.3 Å². The van der Waals surface area contributed by atoms with Crippen molar-refractivity contribution in [2.24, 2.45) is 0 Å². The summed E-state index contributed by atoms with van der Waals surface area (Å²) in [5.41, 5.74) is 4.20. The van der Waals surface area contributed by atoms with E-state index in [4.69, 9.17) is 4.42 Å². The fourth-order valence-electron chi connectivity index (χ4n) is 2.42. The van der Waals surface area contributed by atoms with Crippen LogP contribution in [-0.2, 0) is 0 Å². The number of aromatic nitrogens is 1. The molecule has 0 unspecified atom stereocenters. The maximum atomic E-state index is 5.78. The van der Waals surface area contributed by atoms with Crippen molar-refractivity contribution < 1.29 is 4.42 Å². The molecule has 1 aromatic carbocycles. The average molecular weight is 257 g/mol. The van der Waals surface area contributed by atoms with Crippen LogP contribution in [0.15, 0.2) is 28.2 Å². The lowest BCUT2D eigenvalue weighted by Gasteiger charge is -2.29. The van der Waals surface area contributed by atoms with Gasteiger partial charge in [-0.3, -0.25) is 0 Å². The van der Waals surface area contributed by atoms with E-state index in [-0.39, 0.29) is 0 Å². The Morgan fingerprint density at radius 1 is 1.32 bits per heavy atom. The van der Waals surface area contributed by atoms with Gasteiger partial charge in [-0.1, -0.05) is 11.6 Å². The standard InChI is InChI=1S/C15H19N3O/c1-11(2)10-14-17-15-12(4-3-5-13(15)19-14)18-8-6-16-7-9-18/h3-5,10,16H,6-9H2,1-2H3. The minimum Gasteiger partial charge on any atom is -0.437 e. The topological polar surface area (TPSA) is 41.3 Å². The highest BCUT2D eigenvalue weighted by Gasteiger charge is 2.16. The zero-order valence-corrected chi connectivity index (χ0v) is 11.4. The van der Waals surface area contributed by atoms with Crippen LogP contribution >= 0.6 is 0 Å². The Labute approximate surface area is 113 Å². The second-order valence-electron chi connectivity index (χ2n) is 5.13. The van der Waals surface area contributed by atoms with Gasteiger partial charge in [0.1, 0.15) is 5.52 Å². The molecule has 0 amide bonds. The summed E-state index contributed by atoms with van der Waals surface area (Å²) in [6, 6.07) is 6.15. The molecule has 0 spiro atoms. The maximum Gasteiger partial charge on any atom is 0.220 e. The van der Waals surface area contributed by atoms with Crippen molar-refractivity contribution in [2.75, 3.05) is 31.1 Å². The van der Waals surface area contributed by atoms with Gasteiger partial charge in [-0.05, 0) is 32.1 Å². The third-order valence-corrected chi connectivity index (χ3v) is 3.28. The van der Waals surface area contributed by atoms with Gasteiger partial charge < -0.3 is 14.6 Å². The number of para-hydroxylation sites is 1. The second-order valence-corrected chi connectivity index (χ2v) is 5.13. The van der Waals surface area contributed by atoms with Gasteiger partial charge in [0.25, 0.3) is 0 Å². The predicted octanol–water partition coefficient (Wildman–Crippen LogP) is 2.66. The molecule has 0 radical (unpaired) electrons. The van der Waals surface area contributed by atoms with Crippen LogP contribution in [0, 0.1) is 0 Å². The first kappa shape index (κ1) is 12.2. The highest BCUT2D eigenvalue weighted by Crippen LogP contribution is 2.27. The van der Waals surface area contributed by atoms with Crippen molar-refractivity contribution >= 4 is 22.9 Å². The lowest BCUT2D eigenvalue weighted by atomic mass is 10.2. The normalized spacial score (nSPS) is 15.8. The van der Waals surface area contributed by atoms with Gasteiger partial charge in [0, 0.05) is 26.2 Å².